The molecule has 6 nitrogen and oxygen atoms in total. The number of hydrogen-bond donors (Lipinski definition) is 0. The predicted octanol–water partition coefficient (Wildman–Crippen LogP) is -2.29. The number of ether oxygens (including phenoxy) is 2. The zero-order chi connectivity index (χ0) is 13.8. The average Bonchev–Trinajstić information content (AvgIpc) is 2.27. The zero-order valence-electron chi connectivity index (χ0n) is 11.0. The largest absolute Gasteiger partial charge is 1.00 e. The van der Waals surface area contributed by atoms with Gasteiger partial charge in [0.05, 0.1) is 25.0 Å². The van der Waals surface area contributed by atoms with E-state index in [1.54, 1.807) is 6.92 Å². The van der Waals surface area contributed by atoms with Crippen molar-refractivity contribution in [2.45, 2.75) is 18.2 Å². The smallest absolute Gasteiger partial charge is 0.744 e. The number of benzene rings is 1. The van der Waals surface area contributed by atoms with Gasteiger partial charge in [-0.25, -0.2) is 8.42 Å². The summed E-state index contributed by atoms with van der Waals surface area (Å²) in [6.07, 6.45) is -0.0105. The monoisotopic (exact) mass is 312 g/mol. The van der Waals surface area contributed by atoms with Crippen LogP contribution >= 0.6 is 0 Å². The predicted molar refractivity (Wildman–Crippen MR) is 61.3 cm³/mol. The molecule has 0 N–H and O–H groups in total. The second kappa shape index (κ2) is 8.35. The summed E-state index contributed by atoms with van der Waals surface area (Å²) in [4.78, 5) is 10.8. The van der Waals surface area contributed by atoms with Gasteiger partial charge in [-0.05, 0) is 24.6 Å². The summed E-state index contributed by atoms with van der Waals surface area (Å²) in [7, 11) is -3.34. The van der Waals surface area contributed by atoms with E-state index in [2.05, 4.69) is 0 Å². The molecule has 0 aromatic heterocycles. The summed E-state index contributed by atoms with van der Waals surface area (Å²) in [5, 5.41) is 0. The summed E-state index contributed by atoms with van der Waals surface area (Å²) in [5.41, 5.74) is 0.512. The molecular weight excluding hydrogens is 299 g/mol. The molecule has 0 bridgehead atoms. The molecule has 0 aliphatic carbocycles. The Hall–Kier alpha value is 0.0364. The maximum absolute atomic E-state index is 11.3. The van der Waals surface area contributed by atoms with Crippen molar-refractivity contribution >= 4 is 16.1 Å². The second-order valence-electron chi connectivity index (χ2n) is 3.42. The van der Waals surface area contributed by atoms with Crippen molar-refractivity contribution in [1.82, 2.24) is 0 Å². The van der Waals surface area contributed by atoms with Crippen LogP contribution in [0.5, 0.6) is 5.75 Å². The second-order valence-corrected chi connectivity index (χ2v) is 4.77. The van der Waals surface area contributed by atoms with Crippen LogP contribution in [0, 0.1) is 0 Å². The van der Waals surface area contributed by atoms with E-state index < -0.39 is 21.0 Å². The molecular formula is C11H13KO6S. The Morgan fingerprint density at radius 1 is 1.37 bits per heavy atom. The van der Waals surface area contributed by atoms with Gasteiger partial charge in [0.2, 0.25) is 0 Å². The van der Waals surface area contributed by atoms with Crippen molar-refractivity contribution in [3.05, 3.63) is 23.8 Å². The van der Waals surface area contributed by atoms with Gasteiger partial charge in [-0.3, -0.25) is 4.79 Å². The van der Waals surface area contributed by atoms with Gasteiger partial charge in [-0.1, -0.05) is 6.07 Å². The zero-order valence-corrected chi connectivity index (χ0v) is 14.9. The van der Waals surface area contributed by atoms with Crippen molar-refractivity contribution in [2.75, 3.05) is 13.7 Å². The van der Waals surface area contributed by atoms with Crippen LogP contribution in [0.15, 0.2) is 23.1 Å². The topological polar surface area (TPSA) is 92.7 Å². The average molecular weight is 312 g/mol. The number of carbonyl (C=O) groups excluding carboxylic acids is 1. The fourth-order valence-corrected chi connectivity index (χ4v) is 2.03. The molecule has 0 heterocycles. The molecule has 0 saturated heterocycles. The van der Waals surface area contributed by atoms with E-state index in [1.807, 2.05) is 0 Å². The van der Waals surface area contributed by atoms with Gasteiger partial charge in [0.1, 0.15) is 15.9 Å². The Balaban J connectivity index is 0.00000324. The van der Waals surface area contributed by atoms with E-state index in [1.165, 1.54) is 19.2 Å². The van der Waals surface area contributed by atoms with Crippen molar-refractivity contribution in [3.8, 4) is 5.75 Å². The molecule has 19 heavy (non-hydrogen) atoms. The Morgan fingerprint density at radius 2 is 2.00 bits per heavy atom. The van der Waals surface area contributed by atoms with Crippen molar-refractivity contribution in [2.24, 2.45) is 0 Å². The minimum Gasteiger partial charge on any atom is -0.744 e. The van der Waals surface area contributed by atoms with E-state index in [0.29, 0.717) is 5.56 Å². The van der Waals surface area contributed by atoms with Crippen LogP contribution in [0.4, 0.5) is 0 Å². The first-order chi connectivity index (χ1) is 8.38. The maximum atomic E-state index is 11.3. The SMILES string of the molecule is CCOC(=O)Cc1ccc(S(=O)(=O)[O-])c(OC)c1.[K+]. The van der Waals surface area contributed by atoms with Gasteiger partial charge >= 0.3 is 57.4 Å². The van der Waals surface area contributed by atoms with Crippen LogP contribution in [-0.4, -0.2) is 32.7 Å². The first-order valence-corrected chi connectivity index (χ1v) is 6.57. The quantitative estimate of drug-likeness (QED) is 0.345. The Morgan fingerprint density at radius 3 is 2.47 bits per heavy atom. The summed E-state index contributed by atoms with van der Waals surface area (Å²) in [6.45, 7) is 1.95. The van der Waals surface area contributed by atoms with Crippen LogP contribution < -0.4 is 56.1 Å². The van der Waals surface area contributed by atoms with E-state index in [4.69, 9.17) is 9.47 Å². The van der Waals surface area contributed by atoms with Crippen molar-refractivity contribution in [3.63, 3.8) is 0 Å². The summed E-state index contributed by atoms with van der Waals surface area (Å²) in [5.74, 6) is -0.510. The number of esters is 1. The summed E-state index contributed by atoms with van der Waals surface area (Å²) < 4.78 is 42.3. The molecule has 8 heteroatoms. The minimum absolute atomic E-state index is 0. The molecule has 0 radical (unpaired) electrons. The van der Waals surface area contributed by atoms with Crippen LogP contribution in [0.1, 0.15) is 12.5 Å². The third kappa shape index (κ3) is 5.90. The van der Waals surface area contributed by atoms with Gasteiger partial charge in [0.15, 0.2) is 0 Å². The molecule has 0 unspecified atom stereocenters. The minimum atomic E-state index is -4.59. The van der Waals surface area contributed by atoms with Gasteiger partial charge in [0, 0.05) is 0 Å². The molecule has 1 rings (SSSR count). The fraction of sp³-hybridized carbons (Fsp3) is 0.364. The molecule has 0 fully saturated rings. The molecule has 0 aliphatic heterocycles. The van der Waals surface area contributed by atoms with E-state index in [0.717, 1.165) is 6.07 Å². The molecule has 0 aliphatic rings. The molecule has 0 amide bonds. The standard InChI is InChI=1S/C11H14O6S.K/c1-3-17-11(12)7-8-4-5-10(18(13,14)15)9(6-8)16-2;/h4-6H,3,7H2,1-2H3,(H,13,14,15);/q;+1/p-1. The molecule has 0 atom stereocenters. The number of methoxy groups -OCH3 is 1. The fourth-order valence-electron chi connectivity index (χ4n) is 1.41. The molecule has 1 aromatic rings. The summed E-state index contributed by atoms with van der Waals surface area (Å²) >= 11 is 0. The molecule has 0 saturated carbocycles. The maximum Gasteiger partial charge on any atom is 1.00 e. The van der Waals surface area contributed by atoms with Crippen molar-refractivity contribution < 1.29 is 78.6 Å². The third-order valence-corrected chi connectivity index (χ3v) is 3.03. The molecule has 1 aromatic carbocycles. The normalized spacial score (nSPS) is 10.5. The van der Waals surface area contributed by atoms with Crippen molar-refractivity contribution in [1.29, 1.82) is 0 Å². The van der Waals surface area contributed by atoms with Crippen LogP contribution in [0.25, 0.3) is 0 Å². The summed E-state index contributed by atoms with van der Waals surface area (Å²) in [6, 6.07) is 3.83. The Labute approximate surface area is 154 Å². The number of hydrogen-bond acceptors (Lipinski definition) is 6. The van der Waals surface area contributed by atoms with Gasteiger partial charge in [-0.2, -0.15) is 0 Å². The van der Waals surface area contributed by atoms with Gasteiger partial charge < -0.3 is 14.0 Å². The third-order valence-electron chi connectivity index (χ3n) is 2.15. The van der Waals surface area contributed by atoms with Crippen LogP contribution in [0.2, 0.25) is 0 Å². The van der Waals surface area contributed by atoms with E-state index >= 15 is 0 Å². The first kappa shape index (κ1) is 19.0. The number of rotatable bonds is 5. The van der Waals surface area contributed by atoms with E-state index in [9.17, 15) is 17.8 Å². The van der Waals surface area contributed by atoms with Crippen LogP contribution in [0.3, 0.4) is 0 Å². The Bertz CT molecular complexity index is 540. The van der Waals surface area contributed by atoms with Gasteiger partial charge in [0.25, 0.3) is 0 Å². The first-order valence-electron chi connectivity index (χ1n) is 5.17. The number of carbonyl (C=O) groups is 1. The molecule has 0 spiro atoms. The Kier molecular flexibility index (Phi) is 8.37. The van der Waals surface area contributed by atoms with Crippen LogP contribution in [-0.2, 0) is 26.1 Å². The van der Waals surface area contributed by atoms with E-state index in [-0.39, 0.29) is 70.2 Å². The van der Waals surface area contributed by atoms with Gasteiger partial charge in [-0.15, -0.1) is 0 Å². The molecule has 100 valence electrons.